The molecule has 1 aliphatic heterocycles. The van der Waals surface area contributed by atoms with E-state index in [2.05, 4.69) is 9.88 Å². The largest absolute Gasteiger partial charge is 0.433 e. The number of halogens is 3. The summed E-state index contributed by atoms with van der Waals surface area (Å²) in [5.41, 5.74) is -0.394. The van der Waals surface area contributed by atoms with E-state index in [1.165, 1.54) is 18.3 Å². The predicted octanol–water partition coefficient (Wildman–Crippen LogP) is 3.22. The number of nitrogens with zero attached hydrogens (tertiary/aromatic N) is 2. The first-order chi connectivity index (χ1) is 12.9. The third kappa shape index (κ3) is 3.23. The van der Waals surface area contributed by atoms with Crippen LogP contribution in [0.2, 0.25) is 0 Å². The van der Waals surface area contributed by atoms with E-state index < -0.39 is 11.9 Å². The third-order valence-electron chi connectivity index (χ3n) is 5.19. The number of rotatable bonds is 3. The predicted molar refractivity (Wildman–Crippen MR) is 96.9 cm³/mol. The Morgan fingerprint density at radius 1 is 1.19 bits per heavy atom. The lowest BCUT2D eigenvalue weighted by Crippen LogP contribution is -2.43. The van der Waals surface area contributed by atoms with Crippen molar-refractivity contribution in [1.29, 1.82) is 0 Å². The van der Waals surface area contributed by atoms with E-state index in [4.69, 9.17) is 4.74 Å². The first-order valence-electron chi connectivity index (χ1n) is 8.89. The maximum atomic E-state index is 13.7. The Hall–Kier alpha value is -2.32. The maximum Gasteiger partial charge on any atom is 0.433 e. The van der Waals surface area contributed by atoms with Crippen LogP contribution >= 0.6 is 0 Å². The summed E-state index contributed by atoms with van der Waals surface area (Å²) in [4.78, 5) is 16.5. The van der Waals surface area contributed by atoms with Gasteiger partial charge in [-0.3, -0.25) is 9.69 Å². The average Bonchev–Trinajstić information content (AvgIpc) is 2.94. The molecule has 3 aromatic rings. The summed E-state index contributed by atoms with van der Waals surface area (Å²) in [6.45, 7) is 5.05. The van der Waals surface area contributed by atoms with Crippen LogP contribution < -0.4 is 5.43 Å². The lowest BCUT2D eigenvalue weighted by molar-refractivity contribution is -0.140. The number of benzene rings is 1. The Balaban J connectivity index is 1.92. The molecule has 2 aromatic heterocycles. The van der Waals surface area contributed by atoms with E-state index in [1.807, 2.05) is 6.92 Å². The van der Waals surface area contributed by atoms with Gasteiger partial charge in [-0.25, -0.2) is 0 Å². The van der Waals surface area contributed by atoms with Gasteiger partial charge in [-0.15, -0.1) is 0 Å². The molecule has 5 nitrogen and oxygen atoms in total. The summed E-state index contributed by atoms with van der Waals surface area (Å²) in [6, 6.07) is 6.05. The zero-order valence-corrected chi connectivity index (χ0v) is 14.8. The molecule has 4 rings (SSSR count). The molecule has 0 amide bonds. The van der Waals surface area contributed by atoms with Crippen molar-refractivity contribution in [3.05, 3.63) is 46.4 Å². The fourth-order valence-corrected chi connectivity index (χ4v) is 3.87. The molecule has 1 unspecified atom stereocenters. The van der Waals surface area contributed by atoms with Gasteiger partial charge < -0.3 is 14.3 Å². The van der Waals surface area contributed by atoms with Crippen LogP contribution in [0, 0.1) is 0 Å². The van der Waals surface area contributed by atoms with Crippen molar-refractivity contribution < 1.29 is 17.9 Å². The van der Waals surface area contributed by atoms with Crippen LogP contribution in [0.1, 0.15) is 12.6 Å². The molecule has 0 spiro atoms. The second kappa shape index (κ2) is 6.69. The lowest BCUT2D eigenvalue weighted by atomic mass is 10.1. The highest BCUT2D eigenvalue weighted by atomic mass is 19.4. The number of H-pyrrole nitrogens is 1. The number of aromatic amines is 1. The van der Waals surface area contributed by atoms with Gasteiger partial charge in [-0.2, -0.15) is 13.2 Å². The minimum absolute atomic E-state index is 0.00398. The normalized spacial score (nSPS) is 17.6. The van der Waals surface area contributed by atoms with Gasteiger partial charge in [-0.1, -0.05) is 0 Å². The van der Waals surface area contributed by atoms with Crippen molar-refractivity contribution in [1.82, 2.24) is 14.5 Å². The third-order valence-corrected chi connectivity index (χ3v) is 5.19. The van der Waals surface area contributed by atoms with Crippen molar-refractivity contribution in [2.45, 2.75) is 25.7 Å². The van der Waals surface area contributed by atoms with Crippen molar-refractivity contribution in [2.24, 2.45) is 0 Å². The molecule has 1 atom stereocenters. The van der Waals surface area contributed by atoms with Crippen LogP contribution in [0.25, 0.3) is 21.8 Å². The Bertz CT molecular complexity index is 1030. The van der Waals surface area contributed by atoms with E-state index in [1.54, 1.807) is 16.7 Å². The van der Waals surface area contributed by atoms with Crippen LogP contribution in [0.4, 0.5) is 13.2 Å². The summed E-state index contributed by atoms with van der Waals surface area (Å²) in [7, 11) is 0. The summed E-state index contributed by atoms with van der Waals surface area (Å²) in [5.74, 6) is 0. The van der Waals surface area contributed by atoms with Crippen LogP contribution in [-0.2, 0) is 17.5 Å². The number of alkyl halides is 3. The molecular weight excluding hydrogens is 359 g/mol. The monoisotopic (exact) mass is 379 g/mol. The van der Waals surface area contributed by atoms with E-state index in [9.17, 15) is 18.0 Å². The zero-order valence-electron chi connectivity index (χ0n) is 14.8. The number of morpholine rings is 1. The van der Waals surface area contributed by atoms with E-state index in [0.717, 1.165) is 13.1 Å². The minimum atomic E-state index is -4.52. The molecule has 1 N–H and O–H groups in total. The number of nitrogens with one attached hydrogen (secondary N) is 1. The fraction of sp³-hybridized carbons (Fsp3) is 0.421. The number of hydrogen-bond donors (Lipinski definition) is 1. The molecule has 0 saturated carbocycles. The molecule has 144 valence electrons. The van der Waals surface area contributed by atoms with Crippen molar-refractivity contribution in [3.63, 3.8) is 0 Å². The molecule has 0 aliphatic carbocycles. The second-order valence-corrected chi connectivity index (χ2v) is 6.90. The van der Waals surface area contributed by atoms with Crippen LogP contribution in [-0.4, -0.2) is 46.8 Å². The zero-order chi connectivity index (χ0) is 19.2. The van der Waals surface area contributed by atoms with Crippen molar-refractivity contribution in [3.8, 4) is 0 Å². The number of pyridine rings is 1. The van der Waals surface area contributed by atoms with Crippen LogP contribution in [0.3, 0.4) is 0 Å². The first-order valence-corrected chi connectivity index (χ1v) is 8.89. The van der Waals surface area contributed by atoms with Gasteiger partial charge in [0.15, 0.2) is 5.43 Å². The Morgan fingerprint density at radius 2 is 1.93 bits per heavy atom. The fourth-order valence-electron chi connectivity index (χ4n) is 3.87. The number of aromatic nitrogens is 2. The van der Waals surface area contributed by atoms with Gasteiger partial charge in [-0.05, 0) is 25.1 Å². The highest BCUT2D eigenvalue weighted by Crippen LogP contribution is 2.37. The average molecular weight is 379 g/mol. The smallest absolute Gasteiger partial charge is 0.379 e. The standard InChI is InChI=1S/C19H20F3N3O2/c1-12(24-6-8-27-9-7-24)11-25-16-10-13(26)2-3-14(16)15-4-5-23-18(17(15)25)19(20,21)22/h2-5,10,12,23H,6-9,11H2,1H3. The summed E-state index contributed by atoms with van der Waals surface area (Å²) >= 11 is 0. The molecule has 8 heteroatoms. The molecule has 0 bridgehead atoms. The summed E-state index contributed by atoms with van der Waals surface area (Å²) < 4.78 is 48.0. The topological polar surface area (TPSA) is 50.3 Å². The van der Waals surface area contributed by atoms with E-state index >= 15 is 0 Å². The van der Waals surface area contributed by atoms with E-state index in [0.29, 0.717) is 36.0 Å². The van der Waals surface area contributed by atoms with Gasteiger partial charge in [0.1, 0.15) is 5.69 Å². The molecule has 1 saturated heterocycles. The highest BCUT2D eigenvalue weighted by Gasteiger charge is 2.36. The lowest BCUT2D eigenvalue weighted by Gasteiger charge is -2.33. The molecule has 0 radical (unpaired) electrons. The van der Waals surface area contributed by atoms with Crippen molar-refractivity contribution >= 4 is 21.8 Å². The molecule has 1 aliphatic rings. The number of ether oxygens (including phenoxy) is 1. The minimum Gasteiger partial charge on any atom is -0.379 e. The Labute approximate surface area is 153 Å². The second-order valence-electron chi connectivity index (χ2n) is 6.90. The molecule has 27 heavy (non-hydrogen) atoms. The van der Waals surface area contributed by atoms with Gasteiger partial charge >= 0.3 is 6.18 Å². The van der Waals surface area contributed by atoms with Crippen molar-refractivity contribution in [2.75, 3.05) is 26.3 Å². The van der Waals surface area contributed by atoms with Gasteiger partial charge in [0.25, 0.3) is 0 Å². The number of fused-ring (bicyclic) bond motifs is 3. The van der Waals surface area contributed by atoms with Crippen LogP contribution in [0.15, 0.2) is 35.3 Å². The first kappa shape index (κ1) is 18.1. The summed E-state index contributed by atoms with van der Waals surface area (Å²) in [6.07, 6.45) is -3.22. The van der Waals surface area contributed by atoms with Gasteiger partial charge in [0.05, 0.1) is 24.2 Å². The SMILES string of the molecule is CC(Cn1c2cc(=O)ccc2c2cc[nH]c(C(F)(F)F)c21)N1CCOCC1. The Kier molecular flexibility index (Phi) is 4.47. The number of hydrogen-bond acceptors (Lipinski definition) is 3. The summed E-state index contributed by atoms with van der Waals surface area (Å²) in [5, 5.41) is 1.14. The quantitative estimate of drug-likeness (QED) is 0.760. The van der Waals surface area contributed by atoms with Gasteiger partial charge in [0.2, 0.25) is 0 Å². The molecule has 1 fully saturated rings. The highest BCUT2D eigenvalue weighted by molar-refractivity contribution is 6.08. The molecule has 3 heterocycles. The van der Waals surface area contributed by atoms with Crippen LogP contribution in [0.5, 0.6) is 0 Å². The van der Waals surface area contributed by atoms with E-state index in [-0.39, 0.29) is 17.0 Å². The Morgan fingerprint density at radius 3 is 2.63 bits per heavy atom. The molecular formula is C19H20F3N3O2. The van der Waals surface area contributed by atoms with Gasteiger partial charge in [0, 0.05) is 48.7 Å². The maximum absolute atomic E-state index is 13.7. The molecule has 1 aromatic carbocycles.